The van der Waals surface area contributed by atoms with Crippen LogP contribution in [0, 0.1) is 18.3 Å². The van der Waals surface area contributed by atoms with Gasteiger partial charge in [0.25, 0.3) is 5.91 Å². The van der Waals surface area contributed by atoms with Crippen molar-refractivity contribution in [1.82, 2.24) is 9.88 Å². The first-order valence-electron chi connectivity index (χ1n) is 6.28. The molecule has 0 saturated carbocycles. The average Bonchev–Trinajstić information content (AvgIpc) is 2.49. The molecule has 0 fully saturated rings. The van der Waals surface area contributed by atoms with Crippen LogP contribution in [0.25, 0.3) is 0 Å². The number of rotatable bonds is 3. The zero-order valence-corrected chi connectivity index (χ0v) is 11.5. The Morgan fingerprint density at radius 2 is 2.05 bits per heavy atom. The molecule has 4 nitrogen and oxygen atoms in total. The van der Waals surface area contributed by atoms with E-state index in [0.29, 0.717) is 17.8 Å². The summed E-state index contributed by atoms with van der Waals surface area (Å²) in [5.74, 6) is -0.155. The van der Waals surface area contributed by atoms with E-state index in [2.05, 4.69) is 4.98 Å². The van der Waals surface area contributed by atoms with Crippen LogP contribution in [0.3, 0.4) is 0 Å². The highest BCUT2D eigenvalue weighted by Crippen LogP contribution is 2.11. The third-order valence-corrected chi connectivity index (χ3v) is 3.13. The Bertz CT molecular complexity index is 656. The van der Waals surface area contributed by atoms with Crippen molar-refractivity contribution in [1.29, 1.82) is 5.26 Å². The first-order valence-corrected chi connectivity index (χ1v) is 6.28. The maximum absolute atomic E-state index is 12.2. The number of carbonyl (C=O) groups is 1. The van der Waals surface area contributed by atoms with Gasteiger partial charge in [0.1, 0.15) is 11.8 Å². The van der Waals surface area contributed by atoms with Crippen LogP contribution in [0.1, 0.15) is 27.2 Å². The number of hydrogen-bond acceptors (Lipinski definition) is 3. The zero-order valence-electron chi connectivity index (χ0n) is 11.5. The number of pyridine rings is 1. The minimum absolute atomic E-state index is 0.155. The molecule has 4 heteroatoms. The summed E-state index contributed by atoms with van der Waals surface area (Å²) >= 11 is 0. The van der Waals surface area contributed by atoms with E-state index in [-0.39, 0.29) is 5.91 Å². The van der Waals surface area contributed by atoms with Crippen molar-refractivity contribution in [2.75, 3.05) is 7.05 Å². The van der Waals surface area contributed by atoms with Crippen molar-refractivity contribution >= 4 is 5.91 Å². The molecule has 1 aromatic heterocycles. The fraction of sp³-hybridized carbons (Fsp3) is 0.188. The zero-order chi connectivity index (χ0) is 14.5. The third-order valence-electron chi connectivity index (χ3n) is 3.13. The van der Waals surface area contributed by atoms with Crippen molar-refractivity contribution in [3.8, 4) is 6.07 Å². The molecule has 0 spiro atoms. The van der Waals surface area contributed by atoms with E-state index in [9.17, 15) is 4.79 Å². The maximum atomic E-state index is 12.2. The summed E-state index contributed by atoms with van der Waals surface area (Å²) in [6.07, 6.45) is 1.41. The van der Waals surface area contributed by atoms with Crippen LogP contribution in [0.4, 0.5) is 0 Å². The van der Waals surface area contributed by atoms with Crippen molar-refractivity contribution in [3.05, 3.63) is 65.0 Å². The lowest BCUT2D eigenvalue weighted by molar-refractivity contribution is 0.0779. The number of nitrogens with zero attached hydrogens (tertiary/aromatic N) is 3. The number of hydrogen-bond donors (Lipinski definition) is 0. The number of nitriles is 1. The minimum Gasteiger partial charge on any atom is -0.336 e. The summed E-state index contributed by atoms with van der Waals surface area (Å²) < 4.78 is 0. The van der Waals surface area contributed by atoms with Gasteiger partial charge in [-0.05, 0) is 30.2 Å². The Kier molecular flexibility index (Phi) is 4.11. The SMILES string of the molecule is Cc1ccccc1CN(C)C(=O)c1ccc(C#N)cn1. The first kappa shape index (κ1) is 13.8. The monoisotopic (exact) mass is 265 g/mol. The van der Waals surface area contributed by atoms with Crippen LogP contribution in [-0.4, -0.2) is 22.8 Å². The molecule has 1 aromatic carbocycles. The van der Waals surface area contributed by atoms with Gasteiger partial charge in [0.05, 0.1) is 5.56 Å². The van der Waals surface area contributed by atoms with Crippen LogP contribution in [0.2, 0.25) is 0 Å². The topological polar surface area (TPSA) is 57.0 Å². The smallest absolute Gasteiger partial charge is 0.272 e. The summed E-state index contributed by atoms with van der Waals surface area (Å²) in [5.41, 5.74) is 3.06. The van der Waals surface area contributed by atoms with Crippen LogP contribution in [0.5, 0.6) is 0 Å². The largest absolute Gasteiger partial charge is 0.336 e. The van der Waals surface area contributed by atoms with Gasteiger partial charge in [0, 0.05) is 19.8 Å². The molecule has 2 rings (SSSR count). The van der Waals surface area contributed by atoms with Gasteiger partial charge < -0.3 is 4.90 Å². The average molecular weight is 265 g/mol. The second-order valence-corrected chi connectivity index (χ2v) is 4.63. The maximum Gasteiger partial charge on any atom is 0.272 e. The second-order valence-electron chi connectivity index (χ2n) is 4.63. The Morgan fingerprint density at radius 1 is 1.30 bits per heavy atom. The van der Waals surface area contributed by atoms with Gasteiger partial charge in [-0.2, -0.15) is 5.26 Å². The van der Waals surface area contributed by atoms with E-state index < -0.39 is 0 Å². The fourth-order valence-corrected chi connectivity index (χ4v) is 1.90. The molecule has 0 aliphatic carbocycles. The van der Waals surface area contributed by atoms with Crippen LogP contribution in [-0.2, 0) is 6.54 Å². The summed E-state index contributed by atoms with van der Waals surface area (Å²) in [6, 6.07) is 13.1. The van der Waals surface area contributed by atoms with Crippen molar-refractivity contribution < 1.29 is 4.79 Å². The van der Waals surface area contributed by atoms with Crippen LogP contribution < -0.4 is 0 Å². The van der Waals surface area contributed by atoms with Crippen molar-refractivity contribution in [2.45, 2.75) is 13.5 Å². The second kappa shape index (κ2) is 5.98. The highest BCUT2D eigenvalue weighted by molar-refractivity contribution is 5.92. The van der Waals surface area contributed by atoms with Gasteiger partial charge in [0.15, 0.2) is 0 Å². The molecule has 0 atom stereocenters. The molecule has 0 radical (unpaired) electrons. The van der Waals surface area contributed by atoms with Gasteiger partial charge in [0.2, 0.25) is 0 Å². The van der Waals surface area contributed by atoms with Crippen molar-refractivity contribution in [2.24, 2.45) is 0 Å². The Morgan fingerprint density at radius 3 is 2.65 bits per heavy atom. The molecule has 1 amide bonds. The normalized spacial score (nSPS) is 9.85. The Hall–Kier alpha value is -2.67. The highest BCUT2D eigenvalue weighted by Gasteiger charge is 2.14. The summed E-state index contributed by atoms with van der Waals surface area (Å²) in [5, 5.41) is 8.72. The molecule has 0 aliphatic heterocycles. The molecule has 100 valence electrons. The first-order chi connectivity index (χ1) is 9.61. The van der Waals surface area contributed by atoms with E-state index in [1.807, 2.05) is 37.3 Å². The van der Waals surface area contributed by atoms with E-state index in [1.54, 1.807) is 24.1 Å². The molecule has 0 unspecified atom stereocenters. The number of aryl methyl sites for hydroxylation is 1. The summed E-state index contributed by atoms with van der Waals surface area (Å²) in [7, 11) is 1.74. The van der Waals surface area contributed by atoms with E-state index in [4.69, 9.17) is 5.26 Å². The Labute approximate surface area is 118 Å². The molecule has 1 heterocycles. The lowest BCUT2D eigenvalue weighted by Gasteiger charge is -2.18. The van der Waals surface area contributed by atoms with Gasteiger partial charge >= 0.3 is 0 Å². The van der Waals surface area contributed by atoms with Crippen LogP contribution >= 0.6 is 0 Å². The van der Waals surface area contributed by atoms with Gasteiger partial charge in [-0.1, -0.05) is 24.3 Å². The highest BCUT2D eigenvalue weighted by atomic mass is 16.2. The molecule has 20 heavy (non-hydrogen) atoms. The predicted molar refractivity (Wildman–Crippen MR) is 75.9 cm³/mol. The summed E-state index contributed by atoms with van der Waals surface area (Å²) in [4.78, 5) is 17.9. The predicted octanol–water partition coefficient (Wildman–Crippen LogP) is 2.53. The molecular formula is C16H15N3O. The van der Waals surface area contributed by atoms with Crippen LogP contribution in [0.15, 0.2) is 42.6 Å². The number of benzene rings is 1. The van der Waals surface area contributed by atoms with Gasteiger partial charge in [-0.15, -0.1) is 0 Å². The minimum atomic E-state index is -0.155. The number of aromatic nitrogens is 1. The van der Waals surface area contributed by atoms with Crippen molar-refractivity contribution in [3.63, 3.8) is 0 Å². The molecule has 0 aliphatic rings. The molecule has 2 aromatic rings. The molecular weight excluding hydrogens is 250 g/mol. The lowest BCUT2D eigenvalue weighted by atomic mass is 10.1. The lowest BCUT2D eigenvalue weighted by Crippen LogP contribution is -2.27. The van der Waals surface area contributed by atoms with Gasteiger partial charge in [-0.3, -0.25) is 4.79 Å². The van der Waals surface area contributed by atoms with E-state index in [1.165, 1.54) is 6.20 Å². The standard InChI is InChI=1S/C16H15N3O/c1-12-5-3-4-6-14(12)11-19(2)16(20)15-8-7-13(9-17)10-18-15/h3-8,10H,11H2,1-2H3. The summed E-state index contributed by atoms with van der Waals surface area (Å²) in [6.45, 7) is 2.56. The number of carbonyl (C=O) groups excluding carboxylic acids is 1. The molecule has 0 saturated heterocycles. The molecule has 0 bridgehead atoms. The fourth-order valence-electron chi connectivity index (χ4n) is 1.90. The Balaban J connectivity index is 2.12. The number of amides is 1. The van der Waals surface area contributed by atoms with E-state index in [0.717, 1.165) is 11.1 Å². The third kappa shape index (κ3) is 3.01. The van der Waals surface area contributed by atoms with Gasteiger partial charge in [-0.25, -0.2) is 4.98 Å². The molecule has 0 N–H and O–H groups in total. The van der Waals surface area contributed by atoms with E-state index >= 15 is 0 Å². The quantitative estimate of drug-likeness (QED) is 0.857.